The molecule has 20 heavy (non-hydrogen) atoms. The topological polar surface area (TPSA) is 35.2 Å². The monoisotopic (exact) mass is 265 g/mol. The zero-order chi connectivity index (χ0) is 14.4. The van der Waals surface area contributed by atoms with Crippen molar-refractivity contribution in [3.63, 3.8) is 0 Å². The Morgan fingerprint density at radius 1 is 1.10 bits per heavy atom. The summed E-state index contributed by atoms with van der Waals surface area (Å²) in [5.74, 6) is 6.77. The van der Waals surface area contributed by atoms with Crippen LogP contribution in [0.15, 0.2) is 42.5 Å². The van der Waals surface area contributed by atoms with Gasteiger partial charge in [0.05, 0.1) is 6.54 Å². The molecule has 0 bridgehead atoms. The lowest BCUT2D eigenvalue weighted by Crippen LogP contribution is -1.97. The van der Waals surface area contributed by atoms with Crippen molar-refractivity contribution >= 4 is 0 Å². The lowest BCUT2D eigenvalue weighted by atomic mass is 10.1. The van der Waals surface area contributed by atoms with Gasteiger partial charge in [-0.1, -0.05) is 41.7 Å². The van der Waals surface area contributed by atoms with E-state index in [-0.39, 0.29) is 0 Å². The zero-order valence-corrected chi connectivity index (χ0v) is 11.9. The molecule has 0 aromatic heterocycles. The first-order chi connectivity index (χ1) is 9.69. The Morgan fingerprint density at radius 3 is 2.65 bits per heavy atom. The standard InChI is InChI=1S/C18H19NO/c1-14-5-3-6-17(11-14)13-20-18-9-8-16(7-4-10-19)12-15(18)2/h3,5-6,8-9,11-12H,10,13,19H2,1-2H3. The minimum Gasteiger partial charge on any atom is -0.489 e. The molecule has 0 saturated heterocycles. The third-order valence-corrected chi connectivity index (χ3v) is 2.99. The molecule has 2 N–H and O–H groups in total. The molecule has 102 valence electrons. The molecule has 0 heterocycles. The lowest BCUT2D eigenvalue weighted by molar-refractivity contribution is 0.304. The van der Waals surface area contributed by atoms with E-state index in [0.717, 1.165) is 16.9 Å². The third kappa shape index (κ3) is 3.88. The quantitative estimate of drug-likeness (QED) is 0.865. The molecule has 2 heteroatoms. The molecule has 2 aromatic carbocycles. The van der Waals surface area contributed by atoms with E-state index in [0.29, 0.717) is 13.2 Å². The highest BCUT2D eigenvalue weighted by Gasteiger charge is 2.01. The van der Waals surface area contributed by atoms with Crippen molar-refractivity contribution in [2.45, 2.75) is 20.5 Å². The average Bonchev–Trinajstić information content (AvgIpc) is 2.44. The van der Waals surface area contributed by atoms with Crippen molar-refractivity contribution in [2.24, 2.45) is 5.73 Å². The van der Waals surface area contributed by atoms with Gasteiger partial charge in [0, 0.05) is 5.56 Å². The fourth-order valence-electron chi connectivity index (χ4n) is 2.01. The van der Waals surface area contributed by atoms with E-state index in [4.69, 9.17) is 10.5 Å². The number of hydrogen-bond donors (Lipinski definition) is 1. The summed E-state index contributed by atoms with van der Waals surface area (Å²) in [6.45, 7) is 5.07. The Kier molecular flexibility index (Phi) is 4.81. The van der Waals surface area contributed by atoms with E-state index in [2.05, 4.69) is 37.0 Å². The molecule has 2 nitrogen and oxygen atoms in total. The Labute approximate surface area is 120 Å². The number of aryl methyl sites for hydroxylation is 2. The van der Waals surface area contributed by atoms with Gasteiger partial charge in [-0.2, -0.15) is 0 Å². The van der Waals surface area contributed by atoms with E-state index in [1.54, 1.807) is 0 Å². The molecule has 0 saturated carbocycles. The summed E-state index contributed by atoms with van der Waals surface area (Å²) >= 11 is 0. The predicted octanol–water partition coefficient (Wildman–Crippen LogP) is 3.19. The number of hydrogen-bond acceptors (Lipinski definition) is 2. The summed E-state index contributed by atoms with van der Waals surface area (Å²) in [5, 5.41) is 0. The largest absolute Gasteiger partial charge is 0.489 e. The van der Waals surface area contributed by atoms with Crippen LogP contribution in [0.3, 0.4) is 0 Å². The van der Waals surface area contributed by atoms with E-state index < -0.39 is 0 Å². The second-order valence-corrected chi connectivity index (χ2v) is 4.76. The second kappa shape index (κ2) is 6.79. The van der Waals surface area contributed by atoms with Crippen LogP contribution in [0.4, 0.5) is 0 Å². The highest BCUT2D eigenvalue weighted by Crippen LogP contribution is 2.20. The highest BCUT2D eigenvalue weighted by molar-refractivity contribution is 5.43. The first-order valence-electron chi connectivity index (χ1n) is 6.67. The van der Waals surface area contributed by atoms with Crippen LogP contribution in [0, 0.1) is 25.7 Å². The molecule has 0 aliphatic rings. The third-order valence-electron chi connectivity index (χ3n) is 2.99. The molecule has 0 atom stereocenters. The minimum absolute atomic E-state index is 0.380. The van der Waals surface area contributed by atoms with E-state index in [9.17, 15) is 0 Å². The summed E-state index contributed by atoms with van der Waals surface area (Å²) < 4.78 is 5.86. The highest BCUT2D eigenvalue weighted by atomic mass is 16.5. The maximum atomic E-state index is 5.86. The summed E-state index contributed by atoms with van der Waals surface area (Å²) in [4.78, 5) is 0. The SMILES string of the molecule is Cc1cccc(COc2ccc(C#CCN)cc2C)c1. The van der Waals surface area contributed by atoms with Gasteiger partial charge in [0.1, 0.15) is 12.4 Å². The van der Waals surface area contributed by atoms with Crippen molar-refractivity contribution in [2.75, 3.05) is 6.54 Å². The van der Waals surface area contributed by atoms with Crippen LogP contribution in [0.25, 0.3) is 0 Å². The summed E-state index contributed by atoms with van der Waals surface area (Å²) in [7, 11) is 0. The summed E-state index contributed by atoms with van der Waals surface area (Å²) in [6, 6.07) is 14.3. The average molecular weight is 265 g/mol. The molecular weight excluding hydrogens is 246 g/mol. The Morgan fingerprint density at radius 2 is 1.95 bits per heavy atom. The Hall–Kier alpha value is -2.24. The number of nitrogens with two attached hydrogens (primary N) is 1. The van der Waals surface area contributed by atoms with Gasteiger partial charge in [0.25, 0.3) is 0 Å². The summed E-state index contributed by atoms with van der Waals surface area (Å²) in [5.41, 5.74) is 9.85. The molecule has 2 aromatic rings. The minimum atomic E-state index is 0.380. The van der Waals surface area contributed by atoms with Gasteiger partial charge >= 0.3 is 0 Å². The van der Waals surface area contributed by atoms with Gasteiger partial charge in [-0.15, -0.1) is 0 Å². The molecule has 0 aliphatic carbocycles. The van der Waals surface area contributed by atoms with E-state index in [1.807, 2.05) is 31.2 Å². The fraction of sp³-hybridized carbons (Fsp3) is 0.222. The maximum absolute atomic E-state index is 5.86. The fourth-order valence-corrected chi connectivity index (χ4v) is 2.01. The van der Waals surface area contributed by atoms with Crippen molar-refractivity contribution in [1.82, 2.24) is 0 Å². The number of benzene rings is 2. The molecule has 0 aliphatic heterocycles. The van der Waals surface area contributed by atoms with Gasteiger partial charge in [-0.3, -0.25) is 0 Å². The number of ether oxygens (including phenoxy) is 1. The van der Waals surface area contributed by atoms with Crippen LogP contribution in [-0.2, 0) is 6.61 Å². The van der Waals surface area contributed by atoms with Crippen LogP contribution in [0.1, 0.15) is 22.3 Å². The Bertz CT molecular complexity index is 650. The first kappa shape index (κ1) is 14.2. The van der Waals surface area contributed by atoms with E-state index in [1.165, 1.54) is 11.1 Å². The van der Waals surface area contributed by atoms with Crippen LogP contribution in [0.2, 0.25) is 0 Å². The second-order valence-electron chi connectivity index (χ2n) is 4.76. The molecule has 0 amide bonds. The molecule has 0 unspecified atom stereocenters. The van der Waals surface area contributed by atoms with Crippen molar-refractivity contribution in [1.29, 1.82) is 0 Å². The molecule has 0 radical (unpaired) electrons. The van der Waals surface area contributed by atoms with Crippen molar-refractivity contribution in [3.8, 4) is 17.6 Å². The van der Waals surface area contributed by atoms with Crippen LogP contribution in [0.5, 0.6) is 5.75 Å². The van der Waals surface area contributed by atoms with Crippen LogP contribution in [-0.4, -0.2) is 6.54 Å². The maximum Gasteiger partial charge on any atom is 0.122 e. The predicted molar refractivity (Wildman–Crippen MR) is 82.6 cm³/mol. The first-order valence-corrected chi connectivity index (χ1v) is 6.67. The number of rotatable bonds is 3. The van der Waals surface area contributed by atoms with Gasteiger partial charge in [0.2, 0.25) is 0 Å². The Balaban J connectivity index is 2.06. The van der Waals surface area contributed by atoms with Gasteiger partial charge in [-0.25, -0.2) is 0 Å². The summed E-state index contributed by atoms with van der Waals surface area (Å²) in [6.07, 6.45) is 0. The van der Waals surface area contributed by atoms with Gasteiger partial charge in [-0.05, 0) is 43.2 Å². The van der Waals surface area contributed by atoms with E-state index >= 15 is 0 Å². The molecular formula is C18H19NO. The van der Waals surface area contributed by atoms with Gasteiger partial charge in [0.15, 0.2) is 0 Å². The van der Waals surface area contributed by atoms with Gasteiger partial charge < -0.3 is 10.5 Å². The lowest BCUT2D eigenvalue weighted by Gasteiger charge is -2.10. The van der Waals surface area contributed by atoms with Crippen LogP contribution >= 0.6 is 0 Å². The van der Waals surface area contributed by atoms with Crippen molar-refractivity contribution < 1.29 is 4.74 Å². The van der Waals surface area contributed by atoms with Crippen LogP contribution < -0.4 is 10.5 Å². The normalized spacial score (nSPS) is 9.75. The molecule has 0 spiro atoms. The van der Waals surface area contributed by atoms with Crippen molar-refractivity contribution in [3.05, 3.63) is 64.7 Å². The zero-order valence-electron chi connectivity index (χ0n) is 11.9. The molecule has 0 fully saturated rings. The smallest absolute Gasteiger partial charge is 0.122 e. The molecule has 2 rings (SSSR count).